The van der Waals surface area contributed by atoms with Gasteiger partial charge in [-0.25, -0.2) is 4.98 Å². The predicted octanol–water partition coefficient (Wildman–Crippen LogP) is 5.46. The summed E-state index contributed by atoms with van der Waals surface area (Å²) in [5.74, 6) is 0.647. The topological polar surface area (TPSA) is 38.5 Å². The predicted molar refractivity (Wildman–Crippen MR) is 110 cm³/mol. The van der Waals surface area contributed by atoms with Crippen LogP contribution in [0.5, 0.6) is 0 Å². The zero-order valence-electron chi connectivity index (χ0n) is 15.4. The van der Waals surface area contributed by atoms with Crippen LogP contribution in [0.25, 0.3) is 11.1 Å². The van der Waals surface area contributed by atoms with Gasteiger partial charge in [0.1, 0.15) is 18.2 Å². The average Bonchev–Trinajstić information content (AvgIpc) is 3.08. The highest BCUT2D eigenvalue weighted by Crippen LogP contribution is 2.30. The van der Waals surface area contributed by atoms with Crippen molar-refractivity contribution in [3.05, 3.63) is 60.0 Å². The first-order chi connectivity index (χ1) is 12.6. The van der Waals surface area contributed by atoms with Gasteiger partial charge < -0.3 is 14.1 Å². The van der Waals surface area contributed by atoms with E-state index in [1.807, 2.05) is 31.2 Å². The van der Waals surface area contributed by atoms with E-state index in [9.17, 15) is 0 Å². The molecule has 0 spiro atoms. The van der Waals surface area contributed by atoms with Gasteiger partial charge in [-0.05, 0) is 55.9 Å². The molecule has 3 rings (SSSR count). The maximum absolute atomic E-state index is 6.05. The largest absolute Gasteiger partial charge is 0.484 e. The van der Waals surface area contributed by atoms with Crippen molar-refractivity contribution in [3.63, 3.8) is 0 Å². The fraction of sp³-hybridized carbons (Fsp3) is 0.333. The van der Waals surface area contributed by atoms with Gasteiger partial charge in [-0.1, -0.05) is 31.2 Å². The lowest BCUT2D eigenvalue weighted by atomic mass is 10.1. The Morgan fingerprint density at radius 1 is 1.19 bits per heavy atom. The van der Waals surface area contributed by atoms with Crippen molar-refractivity contribution in [2.75, 3.05) is 18.1 Å². The Kier molecular flexibility index (Phi) is 5.89. The van der Waals surface area contributed by atoms with Crippen LogP contribution in [0.1, 0.15) is 37.8 Å². The van der Waals surface area contributed by atoms with Crippen LogP contribution in [-0.4, -0.2) is 23.2 Å². The van der Waals surface area contributed by atoms with Crippen molar-refractivity contribution < 1.29 is 9.15 Å². The number of oxazole rings is 1. The summed E-state index contributed by atoms with van der Waals surface area (Å²) >= 11 is 5.26. The number of likely N-dealkylation sites (N-methyl/N-ethyl adjacent to an activating group) is 1. The third-order valence-electron chi connectivity index (χ3n) is 4.34. The Hall–Kier alpha value is -2.40. The van der Waals surface area contributed by atoms with Gasteiger partial charge in [-0.2, -0.15) is 0 Å². The molecule has 0 N–H and O–H groups in total. The number of para-hydroxylation sites is 2. The molecule has 26 heavy (non-hydrogen) atoms. The number of rotatable bonds is 7. The molecule has 5 heteroatoms. The van der Waals surface area contributed by atoms with E-state index in [1.54, 1.807) is 0 Å². The highest BCUT2D eigenvalue weighted by Gasteiger charge is 2.26. The van der Waals surface area contributed by atoms with Crippen LogP contribution >= 0.6 is 12.2 Å². The van der Waals surface area contributed by atoms with Crippen molar-refractivity contribution in [1.29, 1.82) is 0 Å². The van der Waals surface area contributed by atoms with Crippen LogP contribution < -0.4 is 4.90 Å². The SMILES string of the molecule is CCC(=S)OCC(c1nc2ccccc2o1)N(CC)c1cccc(C)c1. The van der Waals surface area contributed by atoms with Gasteiger partial charge in [0.2, 0.25) is 5.89 Å². The molecule has 1 aromatic heterocycles. The molecule has 1 unspecified atom stereocenters. The van der Waals surface area contributed by atoms with Crippen molar-refractivity contribution in [2.45, 2.75) is 33.2 Å². The number of fused-ring (bicyclic) bond motifs is 1. The van der Waals surface area contributed by atoms with Crippen molar-refractivity contribution in [3.8, 4) is 0 Å². The lowest BCUT2D eigenvalue weighted by Crippen LogP contribution is -2.32. The highest BCUT2D eigenvalue weighted by molar-refractivity contribution is 7.80. The molecule has 0 amide bonds. The zero-order chi connectivity index (χ0) is 18.5. The van der Waals surface area contributed by atoms with Crippen molar-refractivity contribution in [2.24, 2.45) is 0 Å². The number of hydrogen-bond donors (Lipinski definition) is 0. The number of aryl methyl sites for hydroxylation is 1. The number of nitrogens with zero attached hydrogens (tertiary/aromatic N) is 2. The summed E-state index contributed by atoms with van der Waals surface area (Å²) in [5.41, 5.74) is 3.96. The Labute approximate surface area is 159 Å². The second-order valence-corrected chi connectivity index (χ2v) is 6.65. The molecule has 0 radical (unpaired) electrons. The summed E-state index contributed by atoms with van der Waals surface area (Å²) < 4.78 is 11.9. The fourth-order valence-corrected chi connectivity index (χ4v) is 3.06. The maximum Gasteiger partial charge on any atom is 0.221 e. The number of aromatic nitrogens is 1. The molecule has 4 nitrogen and oxygen atoms in total. The van der Waals surface area contributed by atoms with Gasteiger partial charge in [0.15, 0.2) is 10.6 Å². The third kappa shape index (κ3) is 4.05. The van der Waals surface area contributed by atoms with Crippen molar-refractivity contribution in [1.82, 2.24) is 4.98 Å². The molecule has 136 valence electrons. The third-order valence-corrected chi connectivity index (χ3v) is 4.74. The van der Waals surface area contributed by atoms with Gasteiger partial charge in [0, 0.05) is 18.7 Å². The molecular formula is C21H24N2O2S. The highest BCUT2D eigenvalue weighted by atomic mass is 32.1. The second-order valence-electron chi connectivity index (χ2n) is 6.20. The standard InChI is InChI=1S/C21H24N2O2S/c1-4-20(26)24-14-18(21-22-17-11-6-7-12-19(17)25-21)23(5-2)16-10-8-9-15(3)13-16/h6-13,18H,4-5,14H2,1-3H3. The summed E-state index contributed by atoms with van der Waals surface area (Å²) in [6.07, 6.45) is 0.714. The van der Waals surface area contributed by atoms with Crippen molar-refractivity contribution >= 4 is 34.1 Å². The molecule has 2 aromatic carbocycles. The summed E-state index contributed by atoms with van der Waals surface area (Å²) in [5, 5.41) is 0.603. The molecule has 0 saturated carbocycles. The monoisotopic (exact) mass is 368 g/mol. The van der Waals surface area contributed by atoms with Crippen LogP contribution in [0, 0.1) is 6.92 Å². The van der Waals surface area contributed by atoms with E-state index in [0.29, 0.717) is 24.0 Å². The van der Waals surface area contributed by atoms with Crippen LogP contribution in [0.4, 0.5) is 5.69 Å². The van der Waals surface area contributed by atoms with Gasteiger partial charge >= 0.3 is 0 Å². The first-order valence-electron chi connectivity index (χ1n) is 8.96. The lowest BCUT2D eigenvalue weighted by molar-refractivity contribution is 0.253. The second kappa shape index (κ2) is 8.32. The summed E-state index contributed by atoms with van der Waals surface area (Å²) in [6.45, 7) is 7.41. The molecule has 0 aliphatic heterocycles. The Balaban J connectivity index is 1.99. The quantitative estimate of drug-likeness (QED) is 0.518. The summed E-state index contributed by atoms with van der Waals surface area (Å²) in [4.78, 5) is 6.95. The van der Waals surface area contributed by atoms with E-state index in [0.717, 1.165) is 23.3 Å². The Morgan fingerprint density at radius 2 is 2.00 bits per heavy atom. The molecule has 0 saturated heterocycles. The number of thiocarbonyl (C=S) groups is 1. The Bertz CT molecular complexity index is 857. The normalized spacial score (nSPS) is 12.1. The molecule has 0 aliphatic rings. The van der Waals surface area contributed by atoms with E-state index in [4.69, 9.17) is 26.4 Å². The molecule has 0 fully saturated rings. The average molecular weight is 369 g/mol. The minimum atomic E-state index is -0.154. The van der Waals surface area contributed by atoms with E-state index in [1.165, 1.54) is 5.56 Å². The van der Waals surface area contributed by atoms with E-state index < -0.39 is 0 Å². The minimum absolute atomic E-state index is 0.154. The summed E-state index contributed by atoms with van der Waals surface area (Å²) in [6, 6.07) is 16.1. The molecule has 0 aliphatic carbocycles. The molecular weight excluding hydrogens is 344 g/mol. The zero-order valence-corrected chi connectivity index (χ0v) is 16.3. The van der Waals surface area contributed by atoms with Gasteiger partial charge in [-0.3, -0.25) is 0 Å². The van der Waals surface area contributed by atoms with Crippen LogP contribution in [-0.2, 0) is 4.74 Å². The number of anilines is 1. The first-order valence-corrected chi connectivity index (χ1v) is 9.37. The Morgan fingerprint density at radius 3 is 2.69 bits per heavy atom. The van der Waals surface area contributed by atoms with E-state index in [2.05, 4.69) is 43.0 Å². The minimum Gasteiger partial charge on any atom is -0.484 e. The van der Waals surface area contributed by atoms with Gasteiger partial charge in [0.05, 0.1) is 0 Å². The lowest BCUT2D eigenvalue weighted by Gasteiger charge is -2.31. The molecule has 0 bridgehead atoms. The molecule has 1 atom stereocenters. The fourth-order valence-electron chi connectivity index (χ4n) is 2.99. The van der Waals surface area contributed by atoms with Crippen LogP contribution in [0.15, 0.2) is 52.9 Å². The maximum atomic E-state index is 6.05. The van der Waals surface area contributed by atoms with Gasteiger partial charge in [-0.15, -0.1) is 0 Å². The van der Waals surface area contributed by atoms with Crippen LogP contribution in [0.2, 0.25) is 0 Å². The number of benzene rings is 2. The number of hydrogen-bond acceptors (Lipinski definition) is 5. The number of ether oxygens (including phenoxy) is 1. The van der Waals surface area contributed by atoms with E-state index in [-0.39, 0.29) is 6.04 Å². The smallest absolute Gasteiger partial charge is 0.221 e. The molecule has 3 aromatic rings. The van der Waals surface area contributed by atoms with E-state index >= 15 is 0 Å². The van der Waals surface area contributed by atoms with Crippen LogP contribution in [0.3, 0.4) is 0 Å². The summed E-state index contributed by atoms with van der Waals surface area (Å²) in [7, 11) is 0. The first kappa shape index (κ1) is 18.4. The van der Waals surface area contributed by atoms with Gasteiger partial charge in [0.25, 0.3) is 0 Å². The molecule has 1 heterocycles.